The van der Waals surface area contributed by atoms with E-state index in [9.17, 15) is 9.59 Å². The second kappa shape index (κ2) is 3.99. The summed E-state index contributed by atoms with van der Waals surface area (Å²) < 4.78 is 0. The van der Waals surface area contributed by atoms with E-state index in [4.69, 9.17) is 0 Å². The molecule has 4 heteroatoms. The summed E-state index contributed by atoms with van der Waals surface area (Å²) >= 11 is 0. The molecule has 0 aliphatic rings. The van der Waals surface area contributed by atoms with Gasteiger partial charge >= 0.3 is 0 Å². The van der Waals surface area contributed by atoms with E-state index in [1.165, 1.54) is 0 Å². The van der Waals surface area contributed by atoms with Crippen molar-refractivity contribution in [2.75, 3.05) is 0 Å². The second-order valence-corrected chi connectivity index (χ2v) is 3.19. The number of hydrogen-bond acceptors (Lipinski definition) is 3. The van der Waals surface area contributed by atoms with E-state index in [2.05, 4.69) is 21.8 Å². The molecule has 0 bridgehead atoms. The first-order chi connectivity index (χ1) is 7.70. The van der Waals surface area contributed by atoms with Gasteiger partial charge in [0.15, 0.2) is 0 Å². The van der Waals surface area contributed by atoms with Gasteiger partial charge in [-0.3, -0.25) is 9.59 Å². The highest BCUT2D eigenvalue weighted by Gasteiger charge is 1.99. The highest BCUT2D eigenvalue weighted by molar-refractivity contribution is 5.78. The zero-order valence-corrected chi connectivity index (χ0v) is 8.57. The van der Waals surface area contributed by atoms with E-state index in [1.54, 1.807) is 25.1 Å². The maximum atomic E-state index is 11.6. The number of rotatable bonds is 0. The van der Waals surface area contributed by atoms with Gasteiger partial charge in [0, 0.05) is 5.56 Å². The number of nitrogens with zero attached hydrogens (tertiary/aromatic N) is 1. The van der Waals surface area contributed by atoms with Gasteiger partial charge in [-0.15, -0.1) is 5.92 Å². The van der Waals surface area contributed by atoms with Crippen LogP contribution in [-0.2, 0) is 0 Å². The first-order valence-electron chi connectivity index (χ1n) is 4.67. The summed E-state index contributed by atoms with van der Waals surface area (Å²) in [5.74, 6) is 5.59. The third kappa shape index (κ3) is 1.84. The van der Waals surface area contributed by atoms with Gasteiger partial charge in [0.05, 0.1) is 17.1 Å². The average Bonchev–Trinajstić information content (AvgIpc) is 2.40. The minimum absolute atomic E-state index is 0.363. The smallest absolute Gasteiger partial charge is 0.279 e. The number of fused-ring (bicyclic) bond motifs is 1. The molecule has 0 saturated carbocycles. The van der Waals surface area contributed by atoms with E-state index in [1.807, 2.05) is 0 Å². The average molecular weight is 212 g/mol. The van der Waals surface area contributed by atoms with Gasteiger partial charge in [-0.1, -0.05) is 5.92 Å². The van der Waals surface area contributed by atoms with Crippen molar-refractivity contribution >= 4 is 10.9 Å². The molecule has 0 saturated heterocycles. The summed E-state index contributed by atoms with van der Waals surface area (Å²) in [7, 11) is 0. The molecule has 78 valence electrons. The largest absolute Gasteiger partial charge is 0.320 e. The monoisotopic (exact) mass is 212 g/mol. The standard InChI is InChI=1S/C12H8N2O2/c1-2-3-8-4-5-10-9(6-8)12(16)13-7-11(15)14-10/h4-7H,1H3,(H,14,15). The van der Waals surface area contributed by atoms with Gasteiger partial charge in [-0.05, 0) is 25.1 Å². The Morgan fingerprint density at radius 1 is 1.31 bits per heavy atom. The van der Waals surface area contributed by atoms with Gasteiger partial charge in [-0.2, -0.15) is 0 Å². The molecular formula is C12H8N2O2. The second-order valence-electron chi connectivity index (χ2n) is 3.19. The molecule has 0 amide bonds. The number of aromatic nitrogens is 2. The molecule has 1 N–H and O–H groups in total. The molecule has 0 spiro atoms. The molecule has 0 aliphatic carbocycles. The van der Waals surface area contributed by atoms with Crippen LogP contribution < -0.4 is 11.1 Å². The van der Waals surface area contributed by atoms with Gasteiger partial charge in [-0.25, -0.2) is 4.98 Å². The lowest BCUT2D eigenvalue weighted by molar-refractivity contribution is 1.23. The molecule has 1 aromatic carbocycles. The fourth-order valence-corrected chi connectivity index (χ4v) is 1.40. The van der Waals surface area contributed by atoms with E-state index in [0.29, 0.717) is 10.9 Å². The molecule has 0 unspecified atom stereocenters. The maximum absolute atomic E-state index is 11.6. The van der Waals surface area contributed by atoms with Crippen LogP contribution in [0.5, 0.6) is 0 Å². The Morgan fingerprint density at radius 2 is 2.12 bits per heavy atom. The van der Waals surface area contributed by atoms with Crippen LogP contribution in [0.1, 0.15) is 12.5 Å². The molecule has 0 radical (unpaired) electrons. The summed E-state index contributed by atoms with van der Waals surface area (Å²) in [6.45, 7) is 1.72. The lowest BCUT2D eigenvalue weighted by atomic mass is 10.1. The van der Waals surface area contributed by atoms with Crippen LogP contribution in [0.2, 0.25) is 0 Å². The molecular weight excluding hydrogens is 204 g/mol. The molecule has 0 fully saturated rings. The zero-order valence-electron chi connectivity index (χ0n) is 8.57. The van der Waals surface area contributed by atoms with E-state index in [0.717, 1.165) is 11.8 Å². The number of benzene rings is 1. The van der Waals surface area contributed by atoms with Crippen LogP contribution in [0.25, 0.3) is 10.9 Å². The lowest BCUT2D eigenvalue weighted by Gasteiger charge is -1.92. The van der Waals surface area contributed by atoms with Crippen LogP contribution in [0.15, 0.2) is 34.0 Å². The third-order valence-electron chi connectivity index (χ3n) is 2.08. The Hall–Kier alpha value is -2.41. The van der Waals surface area contributed by atoms with Crippen LogP contribution in [-0.4, -0.2) is 9.97 Å². The molecule has 2 aromatic rings. The van der Waals surface area contributed by atoms with E-state index < -0.39 is 11.1 Å². The predicted octanol–water partition coefficient (Wildman–Crippen LogP) is 0.655. The van der Waals surface area contributed by atoms with Crippen molar-refractivity contribution in [3.8, 4) is 11.8 Å². The van der Waals surface area contributed by atoms with E-state index >= 15 is 0 Å². The predicted molar refractivity (Wildman–Crippen MR) is 61.2 cm³/mol. The number of nitrogens with one attached hydrogen (secondary N) is 1. The van der Waals surface area contributed by atoms with Crippen molar-refractivity contribution < 1.29 is 0 Å². The van der Waals surface area contributed by atoms with Crippen LogP contribution >= 0.6 is 0 Å². The van der Waals surface area contributed by atoms with Crippen molar-refractivity contribution in [1.82, 2.24) is 9.97 Å². The fourth-order valence-electron chi connectivity index (χ4n) is 1.40. The molecule has 16 heavy (non-hydrogen) atoms. The van der Waals surface area contributed by atoms with Crippen molar-refractivity contribution in [3.05, 3.63) is 50.7 Å². The minimum Gasteiger partial charge on any atom is -0.320 e. The van der Waals surface area contributed by atoms with Crippen molar-refractivity contribution in [2.24, 2.45) is 0 Å². The lowest BCUT2D eigenvalue weighted by Crippen LogP contribution is -2.02. The molecule has 1 aromatic heterocycles. The summed E-state index contributed by atoms with van der Waals surface area (Å²) in [6.07, 6.45) is 0.980. The minimum atomic E-state index is -0.437. The van der Waals surface area contributed by atoms with Crippen molar-refractivity contribution in [3.63, 3.8) is 0 Å². The number of aromatic amines is 1. The Morgan fingerprint density at radius 3 is 2.88 bits per heavy atom. The van der Waals surface area contributed by atoms with Crippen molar-refractivity contribution in [1.29, 1.82) is 0 Å². The van der Waals surface area contributed by atoms with Gasteiger partial charge < -0.3 is 4.98 Å². The summed E-state index contributed by atoms with van der Waals surface area (Å²) in [5.41, 5.74) is 0.352. The normalized spacial score (nSPS) is 9.56. The molecule has 0 atom stereocenters. The molecule has 4 nitrogen and oxygen atoms in total. The SMILES string of the molecule is CC#Cc1ccc2[nH]c(=O)cnc(=O)c2c1. The summed E-state index contributed by atoms with van der Waals surface area (Å²) in [5, 5.41) is 0.363. The summed E-state index contributed by atoms with van der Waals surface area (Å²) in [6, 6.07) is 5.02. The highest BCUT2D eigenvalue weighted by Crippen LogP contribution is 2.07. The Kier molecular flexibility index (Phi) is 2.52. The van der Waals surface area contributed by atoms with Crippen LogP contribution in [0, 0.1) is 11.8 Å². The maximum Gasteiger partial charge on any atom is 0.279 e. The Labute approximate surface area is 91.0 Å². The van der Waals surface area contributed by atoms with E-state index in [-0.39, 0.29) is 0 Å². The van der Waals surface area contributed by atoms with Crippen LogP contribution in [0.4, 0.5) is 0 Å². The van der Waals surface area contributed by atoms with Gasteiger partial charge in [0.2, 0.25) is 0 Å². The molecule has 1 heterocycles. The Balaban J connectivity index is 2.93. The quantitative estimate of drug-likeness (QED) is 0.652. The third-order valence-corrected chi connectivity index (χ3v) is 2.08. The van der Waals surface area contributed by atoms with Gasteiger partial charge in [0.1, 0.15) is 0 Å². The fraction of sp³-hybridized carbons (Fsp3) is 0.0833. The summed E-state index contributed by atoms with van der Waals surface area (Å²) in [4.78, 5) is 28.8. The number of H-pyrrole nitrogens is 1. The highest BCUT2D eigenvalue weighted by atomic mass is 16.1. The molecule has 2 rings (SSSR count). The first kappa shape index (κ1) is 10.1. The Bertz CT molecular complexity index is 721. The van der Waals surface area contributed by atoms with Crippen LogP contribution in [0.3, 0.4) is 0 Å². The topological polar surface area (TPSA) is 62.8 Å². The van der Waals surface area contributed by atoms with Crippen molar-refractivity contribution in [2.45, 2.75) is 6.92 Å². The zero-order chi connectivity index (χ0) is 11.5. The first-order valence-corrected chi connectivity index (χ1v) is 4.67. The number of hydrogen-bond donors (Lipinski definition) is 1. The molecule has 0 aliphatic heterocycles. The van der Waals surface area contributed by atoms with Gasteiger partial charge in [0.25, 0.3) is 11.1 Å².